The first-order chi connectivity index (χ1) is 9.27. The van der Waals surface area contributed by atoms with Crippen molar-refractivity contribution in [3.8, 4) is 0 Å². The van der Waals surface area contributed by atoms with E-state index in [1.54, 1.807) is 14.2 Å². The van der Waals surface area contributed by atoms with Crippen molar-refractivity contribution < 1.29 is 14.2 Å². The highest BCUT2D eigenvalue weighted by molar-refractivity contribution is 14.0. The fraction of sp³-hybridized carbons (Fsp3) is 0.923. The third-order valence-corrected chi connectivity index (χ3v) is 3.09. The molecule has 0 aromatic carbocycles. The predicted molar refractivity (Wildman–Crippen MR) is 91.0 cm³/mol. The van der Waals surface area contributed by atoms with Gasteiger partial charge in [-0.15, -0.1) is 24.0 Å². The molecule has 1 saturated heterocycles. The van der Waals surface area contributed by atoms with Gasteiger partial charge in [-0.3, -0.25) is 4.99 Å². The lowest BCUT2D eigenvalue weighted by Gasteiger charge is -2.24. The van der Waals surface area contributed by atoms with Crippen LogP contribution in [0.3, 0.4) is 0 Å². The van der Waals surface area contributed by atoms with E-state index in [1.165, 1.54) is 0 Å². The summed E-state index contributed by atoms with van der Waals surface area (Å²) < 4.78 is 15.7. The highest BCUT2D eigenvalue weighted by Gasteiger charge is 2.18. The Morgan fingerprint density at radius 3 is 2.80 bits per heavy atom. The number of aliphatic imine (C=N–C) groups is 1. The lowest BCUT2D eigenvalue weighted by atomic mass is 10.1. The molecule has 0 aromatic rings. The first kappa shape index (κ1) is 19.9. The fourth-order valence-corrected chi connectivity index (χ4v) is 2.07. The highest BCUT2D eigenvalue weighted by Crippen LogP contribution is 2.13. The van der Waals surface area contributed by atoms with Gasteiger partial charge in [-0.05, 0) is 6.42 Å². The largest absolute Gasteiger partial charge is 0.382 e. The van der Waals surface area contributed by atoms with Gasteiger partial charge >= 0.3 is 0 Å². The molecule has 120 valence electrons. The predicted octanol–water partition coefficient (Wildman–Crippen LogP) is 0.811. The number of ether oxygens (including phenoxy) is 3. The van der Waals surface area contributed by atoms with Crippen LogP contribution in [0.2, 0.25) is 0 Å². The molecule has 1 N–H and O–H groups in total. The zero-order valence-corrected chi connectivity index (χ0v) is 15.1. The smallest absolute Gasteiger partial charge is 0.193 e. The summed E-state index contributed by atoms with van der Waals surface area (Å²) in [7, 11) is 5.53. The van der Waals surface area contributed by atoms with Crippen molar-refractivity contribution in [2.24, 2.45) is 10.9 Å². The molecule has 0 aromatic heterocycles. The van der Waals surface area contributed by atoms with Crippen molar-refractivity contribution in [1.82, 2.24) is 10.2 Å². The molecular formula is C13H28IN3O3. The number of nitrogens with one attached hydrogen (secondary N) is 1. The third-order valence-electron chi connectivity index (χ3n) is 3.09. The van der Waals surface area contributed by atoms with Crippen molar-refractivity contribution in [1.29, 1.82) is 0 Å². The quantitative estimate of drug-likeness (QED) is 0.283. The summed E-state index contributed by atoms with van der Waals surface area (Å²) >= 11 is 0. The Kier molecular flexibility index (Phi) is 12.5. The molecule has 20 heavy (non-hydrogen) atoms. The van der Waals surface area contributed by atoms with E-state index >= 15 is 0 Å². The Morgan fingerprint density at radius 2 is 2.20 bits per heavy atom. The van der Waals surface area contributed by atoms with Crippen LogP contribution in [0.15, 0.2) is 4.99 Å². The Hall–Kier alpha value is -0.120. The van der Waals surface area contributed by atoms with Gasteiger partial charge in [0.1, 0.15) is 0 Å². The molecule has 0 bridgehead atoms. The number of guanidine groups is 1. The van der Waals surface area contributed by atoms with E-state index in [-0.39, 0.29) is 24.0 Å². The number of rotatable bonds is 8. The lowest BCUT2D eigenvalue weighted by molar-refractivity contribution is 0.0731. The van der Waals surface area contributed by atoms with E-state index in [2.05, 4.69) is 22.3 Å². The lowest BCUT2D eigenvalue weighted by Crippen LogP contribution is -2.42. The monoisotopic (exact) mass is 401 g/mol. The molecule has 1 heterocycles. The zero-order chi connectivity index (χ0) is 13.9. The van der Waals surface area contributed by atoms with Crippen LogP contribution >= 0.6 is 24.0 Å². The minimum atomic E-state index is 0. The van der Waals surface area contributed by atoms with E-state index in [0.717, 1.165) is 38.7 Å². The average molecular weight is 401 g/mol. The van der Waals surface area contributed by atoms with Crippen LogP contribution < -0.4 is 5.32 Å². The number of hydrogen-bond acceptors (Lipinski definition) is 4. The van der Waals surface area contributed by atoms with Crippen LogP contribution in [0.4, 0.5) is 0 Å². The molecule has 1 aliphatic heterocycles. The van der Waals surface area contributed by atoms with Gasteiger partial charge in [0.25, 0.3) is 0 Å². The standard InChI is InChI=1S/C13H27N3O3.HI/c1-14-13(15-5-7-18-9-8-17-3)16(2)10-12-4-6-19-11-12;/h12H,4-11H2,1-3H3,(H,14,15);1H. The minimum Gasteiger partial charge on any atom is -0.382 e. The Balaban J connectivity index is 0.00000361. The molecule has 0 amide bonds. The van der Waals surface area contributed by atoms with Crippen molar-refractivity contribution in [3.05, 3.63) is 0 Å². The summed E-state index contributed by atoms with van der Waals surface area (Å²) in [5, 5.41) is 3.29. The van der Waals surface area contributed by atoms with Crippen LogP contribution in [-0.4, -0.2) is 78.2 Å². The van der Waals surface area contributed by atoms with E-state index in [9.17, 15) is 0 Å². The molecule has 6 nitrogen and oxygen atoms in total. The van der Waals surface area contributed by atoms with Gasteiger partial charge in [-0.1, -0.05) is 0 Å². The topological polar surface area (TPSA) is 55.3 Å². The fourth-order valence-electron chi connectivity index (χ4n) is 2.07. The summed E-state index contributed by atoms with van der Waals surface area (Å²) in [5.74, 6) is 1.52. The first-order valence-corrected chi connectivity index (χ1v) is 6.84. The normalized spacial score (nSPS) is 18.8. The van der Waals surface area contributed by atoms with Crippen molar-refractivity contribution >= 4 is 29.9 Å². The van der Waals surface area contributed by atoms with E-state index in [0.29, 0.717) is 25.7 Å². The van der Waals surface area contributed by atoms with Crippen LogP contribution in [0.5, 0.6) is 0 Å². The molecule has 1 aliphatic rings. The molecule has 1 unspecified atom stereocenters. The molecule has 7 heteroatoms. The maximum Gasteiger partial charge on any atom is 0.193 e. The number of methoxy groups -OCH3 is 1. The van der Waals surface area contributed by atoms with Gasteiger partial charge in [0.2, 0.25) is 0 Å². The Morgan fingerprint density at radius 1 is 1.40 bits per heavy atom. The van der Waals surface area contributed by atoms with E-state index in [1.807, 2.05) is 0 Å². The molecule has 1 atom stereocenters. The van der Waals surface area contributed by atoms with Gasteiger partial charge in [0.15, 0.2) is 5.96 Å². The van der Waals surface area contributed by atoms with Crippen molar-refractivity contribution in [3.63, 3.8) is 0 Å². The number of hydrogen-bond donors (Lipinski definition) is 1. The van der Waals surface area contributed by atoms with Crippen LogP contribution in [-0.2, 0) is 14.2 Å². The maximum absolute atomic E-state index is 5.40. The first-order valence-electron chi connectivity index (χ1n) is 6.84. The summed E-state index contributed by atoms with van der Waals surface area (Å²) in [5.41, 5.74) is 0. The number of nitrogens with zero attached hydrogens (tertiary/aromatic N) is 2. The molecule has 0 spiro atoms. The highest BCUT2D eigenvalue weighted by atomic mass is 127. The maximum atomic E-state index is 5.40. The van der Waals surface area contributed by atoms with Gasteiger partial charge in [0.05, 0.1) is 26.4 Å². The molecular weight excluding hydrogens is 373 g/mol. The van der Waals surface area contributed by atoms with Crippen LogP contribution in [0, 0.1) is 5.92 Å². The number of halogens is 1. The molecule has 1 rings (SSSR count). The summed E-state index contributed by atoms with van der Waals surface area (Å²) in [6, 6.07) is 0. The van der Waals surface area contributed by atoms with Crippen molar-refractivity contribution in [2.45, 2.75) is 6.42 Å². The third kappa shape index (κ3) is 8.23. The average Bonchev–Trinajstić information content (AvgIpc) is 2.90. The second-order valence-electron chi connectivity index (χ2n) is 4.69. The molecule has 0 saturated carbocycles. The summed E-state index contributed by atoms with van der Waals surface area (Å²) in [4.78, 5) is 6.42. The summed E-state index contributed by atoms with van der Waals surface area (Å²) in [6.45, 7) is 5.40. The second-order valence-corrected chi connectivity index (χ2v) is 4.69. The van der Waals surface area contributed by atoms with Gasteiger partial charge in [-0.25, -0.2) is 0 Å². The van der Waals surface area contributed by atoms with Crippen LogP contribution in [0.25, 0.3) is 0 Å². The van der Waals surface area contributed by atoms with Crippen LogP contribution in [0.1, 0.15) is 6.42 Å². The molecule has 0 aliphatic carbocycles. The van der Waals surface area contributed by atoms with Gasteiger partial charge in [-0.2, -0.15) is 0 Å². The van der Waals surface area contributed by atoms with E-state index in [4.69, 9.17) is 14.2 Å². The summed E-state index contributed by atoms with van der Waals surface area (Å²) in [6.07, 6.45) is 1.14. The van der Waals surface area contributed by atoms with Gasteiger partial charge in [0, 0.05) is 46.8 Å². The van der Waals surface area contributed by atoms with E-state index < -0.39 is 0 Å². The second kappa shape index (κ2) is 12.6. The Bertz CT molecular complexity index is 261. The molecule has 0 radical (unpaired) electrons. The minimum absolute atomic E-state index is 0. The SMILES string of the molecule is CN=C(NCCOCCOC)N(C)CC1CCOC1.I. The molecule has 1 fully saturated rings. The van der Waals surface area contributed by atoms with Gasteiger partial charge < -0.3 is 24.4 Å². The Labute approximate surface area is 139 Å². The van der Waals surface area contributed by atoms with Crippen molar-refractivity contribution in [2.75, 3.05) is 67.3 Å². The zero-order valence-electron chi connectivity index (χ0n) is 12.8.